The summed E-state index contributed by atoms with van der Waals surface area (Å²) in [6.45, 7) is 8.03. The Bertz CT molecular complexity index is 339. The summed E-state index contributed by atoms with van der Waals surface area (Å²) in [4.78, 5) is 6.77. The first kappa shape index (κ1) is 16.1. The van der Waals surface area contributed by atoms with E-state index in [0.717, 1.165) is 31.9 Å². The van der Waals surface area contributed by atoms with Crippen LogP contribution in [0.3, 0.4) is 0 Å². The summed E-state index contributed by atoms with van der Waals surface area (Å²) in [5, 5.41) is 7.19. The molecule has 1 heterocycles. The second-order valence-corrected chi connectivity index (χ2v) is 4.53. The Balaban J connectivity index is 2.43. The van der Waals surface area contributed by atoms with Crippen LogP contribution >= 0.6 is 0 Å². The maximum absolute atomic E-state index is 5.27. The molecule has 0 aliphatic carbocycles. The van der Waals surface area contributed by atoms with Gasteiger partial charge in [-0.3, -0.25) is 0 Å². The molecule has 110 valence electrons. The van der Waals surface area contributed by atoms with Gasteiger partial charge in [0.2, 0.25) is 5.89 Å². The van der Waals surface area contributed by atoms with Gasteiger partial charge in [0.25, 0.3) is 0 Å². The summed E-state index contributed by atoms with van der Waals surface area (Å²) < 4.78 is 10.4. The monoisotopic (exact) mass is 270 g/mol. The van der Waals surface area contributed by atoms with Gasteiger partial charge < -0.3 is 19.5 Å². The molecule has 0 radical (unpaired) electrons. The van der Waals surface area contributed by atoms with Crippen molar-refractivity contribution >= 4 is 0 Å². The number of hydrogen-bond acceptors (Lipinski definition) is 6. The molecule has 1 unspecified atom stereocenters. The average molecular weight is 270 g/mol. The molecular weight excluding hydrogens is 244 g/mol. The van der Waals surface area contributed by atoms with Gasteiger partial charge in [-0.1, -0.05) is 19.0 Å². The molecule has 0 saturated carbocycles. The van der Waals surface area contributed by atoms with Crippen LogP contribution in [0.15, 0.2) is 4.52 Å². The van der Waals surface area contributed by atoms with Crippen molar-refractivity contribution in [2.24, 2.45) is 0 Å². The predicted molar refractivity (Wildman–Crippen MR) is 74.2 cm³/mol. The minimum absolute atomic E-state index is 0.209. The van der Waals surface area contributed by atoms with Crippen molar-refractivity contribution in [1.29, 1.82) is 0 Å². The number of ether oxygens (including phenoxy) is 1. The molecule has 0 amide bonds. The minimum Gasteiger partial charge on any atom is -0.383 e. The van der Waals surface area contributed by atoms with Crippen molar-refractivity contribution in [2.75, 3.05) is 40.4 Å². The van der Waals surface area contributed by atoms with Crippen LogP contribution in [0.1, 0.15) is 25.6 Å². The first-order valence-electron chi connectivity index (χ1n) is 6.93. The molecule has 0 bridgehead atoms. The van der Waals surface area contributed by atoms with Crippen molar-refractivity contribution in [3.05, 3.63) is 11.7 Å². The fourth-order valence-electron chi connectivity index (χ4n) is 1.93. The van der Waals surface area contributed by atoms with E-state index in [1.807, 2.05) is 7.05 Å². The van der Waals surface area contributed by atoms with Gasteiger partial charge in [-0.05, 0) is 20.1 Å². The highest BCUT2D eigenvalue weighted by molar-refractivity contribution is 4.90. The molecule has 0 saturated heterocycles. The van der Waals surface area contributed by atoms with Crippen molar-refractivity contribution < 1.29 is 9.26 Å². The van der Waals surface area contributed by atoms with Gasteiger partial charge in [-0.25, -0.2) is 0 Å². The van der Waals surface area contributed by atoms with E-state index in [0.29, 0.717) is 18.9 Å². The third-order valence-corrected chi connectivity index (χ3v) is 3.25. The molecule has 6 heteroatoms. The normalized spacial score (nSPS) is 13.1. The Morgan fingerprint density at radius 1 is 1.37 bits per heavy atom. The third kappa shape index (κ3) is 5.67. The van der Waals surface area contributed by atoms with E-state index in [9.17, 15) is 0 Å². The van der Waals surface area contributed by atoms with Gasteiger partial charge in [0.1, 0.15) is 0 Å². The molecular formula is C13H26N4O2. The van der Waals surface area contributed by atoms with Gasteiger partial charge in [0.15, 0.2) is 5.82 Å². The molecule has 6 nitrogen and oxygen atoms in total. The van der Waals surface area contributed by atoms with E-state index >= 15 is 0 Å². The number of nitrogens with one attached hydrogen (secondary N) is 1. The van der Waals surface area contributed by atoms with Gasteiger partial charge >= 0.3 is 0 Å². The topological polar surface area (TPSA) is 63.4 Å². The third-order valence-electron chi connectivity index (χ3n) is 3.25. The highest BCUT2D eigenvalue weighted by atomic mass is 16.5. The van der Waals surface area contributed by atoms with Gasteiger partial charge in [-0.15, -0.1) is 0 Å². The number of rotatable bonds is 10. The lowest BCUT2D eigenvalue weighted by Crippen LogP contribution is -2.32. The van der Waals surface area contributed by atoms with E-state index in [1.165, 1.54) is 0 Å². The van der Waals surface area contributed by atoms with Crippen LogP contribution in [-0.4, -0.2) is 61.5 Å². The largest absolute Gasteiger partial charge is 0.383 e. The molecule has 0 aliphatic heterocycles. The number of methoxy groups -OCH3 is 1. The van der Waals surface area contributed by atoms with Crippen molar-refractivity contribution in [1.82, 2.24) is 20.4 Å². The number of hydrogen-bond donors (Lipinski definition) is 1. The second kappa shape index (κ2) is 9.01. The molecule has 0 fully saturated rings. The van der Waals surface area contributed by atoms with Crippen LogP contribution in [0.2, 0.25) is 0 Å². The van der Waals surface area contributed by atoms with Gasteiger partial charge in [0.05, 0.1) is 6.61 Å². The van der Waals surface area contributed by atoms with E-state index in [4.69, 9.17) is 9.26 Å². The Morgan fingerprint density at radius 2 is 2.11 bits per heavy atom. The minimum atomic E-state index is 0.209. The molecule has 19 heavy (non-hydrogen) atoms. The zero-order valence-corrected chi connectivity index (χ0v) is 12.5. The molecule has 1 aromatic heterocycles. The Labute approximate surface area is 115 Å². The Kier molecular flexibility index (Phi) is 7.62. The number of likely N-dealkylation sites (N-methyl/N-ethyl adjacent to an activating group) is 2. The first-order chi connectivity index (χ1) is 9.23. The lowest BCUT2D eigenvalue weighted by atomic mass is 10.2. The van der Waals surface area contributed by atoms with Crippen LogP contribution in [0.25, 0.3) is 0 Å². The maximum Gasteiger partial charge on any atom is 0.228 e. The summed E-state index contributed by atoms with van der Waals surface area (Å²) in [5.41, 5.74) is 0. The molecule has 1 atom stereocenters. The van der Waals surface area contributed by atoms with E-state index in [-0.39, 0.29) is 6.04 Å². The molecule has 0 aliphatic rings. The van der Waals surface area contributed by atoms with Crippen molar-refractivity contribution in [3.8, 4) is 0 Å². The Morgan fingerprint density at radius 3 is 2.68 bits per heavy atom. The zero-order chi connectivity index (χ0) is 14.1. The number of nitrogens with zero attached hydrogens (tertiary/aromatic N) is 3. The van der Waals surface area contributed by atoms with Crippen LogP contribution in [-0.2, 0) is 17.6 Å². The highest BCUT2D eigenvalue weighted by Crippen LogP contribution is 2.03. The van der Waals surface area contributed by atoms with Crippen molar-refractivity contribution in [3.63, 3.8) is 0 Å². The van der Waals surface area contributed by atoms with E-state index in [2.05, 4.69) is 34.2 Å². The SMILES string of the molecule is CCN(CC)CCc1noc(CC(COC)NC)n1. The summed E-state index contributed by atoms with van der Waals surface area (Å²) >= 11 is 0. The van der Waals surface area contributed by atoms with E-state index < -0.39 is 0 Å². The maximum atomic E-state index is 5.27. The van der Waals surface area contributed by atoms with Crippen LogP contribution in [0, 0.1) is 0 Å². The average Bonchev–Trinajstić information content (AvgIpc) is 2.87. The summed E-state index contributed by atoms with van der Waals surface area (Å²) in [6, 6.07) is 0.209. The lowest BCUT2D eigenvalue weighted by Gasteiger charge is -2.16. The predicted octanol–water partition coefficient (Wildman–Crippen LogP) is 0.731. The van der Waals surface area contributed by atoms with Crippen LogP contribution in [0.5, 0.6) is 0 Å². The second-order valence-electron chi connectivity index (χ2n) is 4.53. The van der Waals surface area contributed by atoms with Gasteiger partial charge in [-0.2, -0.15) is 4.98 Å². The quantitative estimate of drug-likeness (QED) is 0.676. The lowest BCUT2D eigenvalue weighted by molar-refractivity contribution is 0.165. The van der Waals surface area contributed by atoms with Gasteiger partial charge in [0, 0.05) is 32.5 Å². The summed E-state index contributed by atoms with van der Waals surface area (Å²) in [7, 11) is 3.59. The number of aromatic nitrogens is 2. The summed E-state index contributed by atoms with van der Waals surface area (Å²) in [5.74, 6) is 1.46. The standard InChI is InChI=1S/C13H26N4O2/c1-5-17(6-2)8-7-12-15-13(19-16-12)9-11(14-3)10-18-4/h11,14H,5-10H2,1-4H3. The molecule has 1 aromatic rings. The highest BCUT2D eigenvalue weighted by Gasteiger charge is 2.13. The fourth-order valence-corrected chi connectivity index (χ4v) is 1.93. The summed E-state index contributed by atoms with van der Waals surface area (Å²) in [6.07, 6.45) is 1.53. The fraction of sp³-hybridized carbons (Fsp3) is 0.846. The molecule has 1 N–H and O–H groups in total. The van der Waals surface area contributed by atoms with Crippen LogP contribution in [0.4, 0.5) is 0 Å². The molecule has 1 rings (SSSR count). The van der Waals surface area contributed by atoms with Crippen molar-refractivity contribution in [2.45, 2.75) is 32.7 Å². The zero-order valence-electron chi connectivity index (χ0n) is 12.5. The van der Waals surface area contributed by atoms with Crippen LogP contribution < -0.4 is 5.32 Å². The molecule has 0 spiro atoms. The van der Waals surface area contributed by atoms with E-state index in [1.54, 1.807) is 7.11 Å². The smallest absolute Gasteiger partial charge is 0.228 e. The first-order valence-corrected chi connectivity index (χ1v) is 6.93. The molecule has 0 aromatic carbocycles. The Hall–Kier alpha value is -0.980.